The molecule has 0 bridgehead atoms. The van der Waals surface area contributed by atoms with Crippen LogP contribution in [-0.4, -0.2) is 29.0 Å². The molecule has 0 saturated carbocycles. The number of benzene rings is 1. The lowest BCUT2D eigenvalue weighted by atomic mass is 10.1. The van der Waals surface area contributed by atoms with Crippen molar-refractivity contribution in [2.24, 2.45) is 0 Å². The molecule has 1 aromatic heterocycles. The molecule has 0 saturated heterocycles. The molecule has 2 rings (SSSR count). The quantitative estimate of drug-likeness (QED) is 0.795. The van der Waals surface area contributed by atoms with E-state index in [2.05, 4.69) is 5.32 Å². The van der Waals surface area contributed by atoms with Crippen LogP contribution in [0.1, 0.15) is 47.8 Å². The van der Waals surface area contributed by atoms with Gasteiger partial charge in [-0.2, -0.15) is 0 Å². The number of hydrogen-bond acceptors (Lipinski definition) is 4. The molecule has 1 N–H and O–H groups in total. The Morgan fingerprint density at radius 3 is 2.42 bits per heavy atom. The third-order valence-electron chi connectivity index (χ3n) is 3.62. The molecule has 1 aromatic carbocycles. The molecule has 1 heterocycles. The molecule has 140 valence electrons. The van der Waals surface area contributed by atoms with Crippen LogP contribution in [0.2, 0.25) is 0 Å². The van der Waals surface area contributed by atoms with E-state index in [0.717, 1.165) is 10.4 Å². The first-order valence-electron chi connectivity index (χ1n) is 8.63. The first kappa shape index (κ1) is 20.0. The molecular formula is C20H26N2O3S. The molecule has 0 aliphatic carbocycles. The number of anilines is 1. The molecule has 2 amide bonds. The second kappa shape index (κ2) is 8.36. The molecular weight excluding hydrogens is 348 g/mol. The topological polar surface area (TPSA) is 58.6 Å². The van der Waals surface area contributed by atoms with Gasteiger partial charge in [-0.05, 0) is 58.4 Å². The van der Waals surface area contributed by atoms with Crippen molar-refractivity contribution in [1.29, 1.82) is 0 Å². The minimum Gasteiger partial charge on any atom is -0.444 e. The number of carbonyl (C=O) groups excluding carboxylic acids is 2. The Kier molecular flexibility index (Phi) is 6.42. The zero-order valence-electron chi connectivity index (χ0n) is 16.0. The molecule has 0 spiro atoms. The zero-order valence-corrected chi connectivity index (χ0v) is 16.8. The van der Waals surface area contributed by atoms with Gasteiger partial charge in [-0.1, -0.05) is 18.2 Å². The van der Waals surface area contributed by atoms with Gasteiger partial charge in [-0.3, -0.25) is 4.79 Å². The van der Waals surface area contributed by atoms with E-state index < -0.39 is 5.60 Å². The standard InChI is InChI=1S/C20H26N2O3S/c1-6-22(19(24)25-20(3,4)5)13-15-9-7-8-10-16(15)21-18(23)17-12-11-14(2)26-17/h7-12H,6,13H2,1-5H3,(H,21,23). The predicted octanol–water partition coefficient (Wildman–Crippen LogP) is 5.07. The molecule has 2 aromatic rings. The van der Waals surface area contributed by atoms with Crippen LogP contribution in [0.5, 0.6) is 0 Å². The molecule has 0 fully saturated rings. The van der Waals surface area contributed by atoms with Gasteiger partial charge in [0.2, 0.25) is 0 Å². The highest BCUT2D eigenvalue weighted by atomic mass is 32.1. The number of hydrogen-bond donors (Lipinski definition) is 1. The van der Waals surface area contributed by atoms with Crippen molar-refractivity contribution in [2.75, 3.05) is 11.9 Å². The number of nitrogens with zero attached hydrogens (tertiary/aromatic N) is 1. The summed E-state index contributed by atoms with van der Waals surface area (Å²) in [5.41, 5.74) is 1.02. The smallest absolute Gasteiger partial charge is 0.410 e. The average molecular weight is 375 g/mol. The Labute approximate surface area is 159 Å². The van der Waals surface area contributed by atoms with Crippen molar-refractivity contribution >= 4 is 29.0 Å². The number of ether oxygens (including phenoxy) is 1. The van der Waals surface area contributed by atoms with Crippen LogP contribution in [0.15, 0.2) is 36.4 Å². The summed E-state index contributed by atoms with van der Waals surface area (Å²) in [4.78, 5) is 28.2. The van der Waals surface area contributed by atoms with Crippen molar-refractivity contribution in [1.82, 2.24) is 4.90 Å². The summed E-state index contributed by atoms with van der Waals surface area (Å²) < 4.78 is 5.46. The van der Waals surface area contributed by atoms with E-state index in [1.54, 1.807) is 4.90 Å². The Morgan fingerprint density at radius 1 is 1.15 bits per heavy atom. The van der Waals surface area contributed by atoms with Gasteiger partial charge in [0.15, 0.2) is 0 Å². The maximum Gasteiger partial charge on any atom is 0.410 e. The summed E-state index contributed by atoms with van der Waals surface area (Å²) in [5, 5.41) is 2.95. The van der Waals surface area contributed by atoms with Crippen LogP contribution in [0, 0.1) is 6.92 Å². The Bertz CT molecular complexity index is 777. The van der Waals surface area contributed by atoms with Gasteiger partial charge >= 0.3 is 6.09 Å². The second-order valence-electron chi connectivity index (χ2n) is 7.02. The van der Waals surface area contributed by atoms with Gasteiger partial charge < -0.3 is 15.0 Å². The van der Waals surface area contributed by atoms with E-state index in [1.807, 2.05) is 71.0 Å². The molecule has 0 atom stereocenters. The summed E-state index contributed by atoms with van der Waals surface area (Å²) in [6.45, 7) is 10.3. The van der Waals surface area contributed by atoms with E-state index in [1.165, 1.54) is 11.3 Å². The van der Waals surface area contributed by atoms with Crippen LogP contribution in [0.3, 0.4) is 0 Å². The molecule has 0 unspecified atom stereocenters. The SMILES string of the molecule is CCN(Cc1ccccc1NC(=O)c1ccc(C)s1)C(=O)OC(C)(C)C. The third kappa shape index (κ3) is 5.59. The molecule has 5 nitrogen and oxygen atoms in total. The summed E-state index contributed by atoms with van der Waals surface area (Å²) in [6.07, 6.45) is -0.366. The Balaban J connectivity index is 2.14. The van der Waals surface area contributed by atoms with Crippen LogP contribution in [0.25, 0.3) is 0 Å². The van der Waals surface area contributed by atoms with Gasteiger partial charge in [0.1, 0.15) is 5.60 Å². The van der Waals surface area contributed by atoms with Gasteiger partial charge in [-0.25, -0.2) is 4.79 Å². The third-order valence-corrected chi connectivity index (χ3v) is 4.62. The maximum absolute atomic E-state index is 12.5. The summed E-state index contributed by atoms with van der Waals surface area (Å²) >= 11 is 1.45. The minimum absolute atomic E-state index is 0.143. The molecule has 6 heteroatoms. The van der Waals surface area contributed by atoms with Crippen molar-refractivity contribution in [3.8, 4) is 0 Å². The fourth-order valence-corrected chi connectivity index (χ4v) is 3.12. The molecule has 0 radical (unpaired) electrons. The van der Waals surface area contributed by atoms with E-state index in [0.29, 0.717) is 23.7 Å². The van der Waals surface area contributed by atoms with E-state index >= 15 is 0 Å². The Morgan fingerprint density at radius 2 is 1.85 bits per heavy atom. The van der Waals surface area contributed by atoms with Crippen LogP contribution < -0.4 is 5.32 Å². The Hall–Kier alpha value is -2.34. The fraction of sp³-hybridized carbons (Fsp3) is 0.400. The summed E-state index contributed by atoms with van der Waals surface area (Å²) in [5.74, 6) is -0.143. The normalized spacial score (nSPS) is 11.1. The predicted molar refractivity (Wildman–Crippen MR) is 106 cm³/mol. The fourth-order valence-electron chi connectivity index (χ4n) is 2.36. The van der Waals surface area contributed by atoms with E-state index in [4.69, 9.17) is 4.74 Å². The highest BCUT2D eigenvalue weighted by molar-refractivity contribution is 7.14. The number of rotatable bonds is 5. The lowest BCUT2D eigenvalue weighted by Crippen LogP contribution is -2.36. The monoisotopic (exact) mass is 374 g/mol. The number of nitrogens with one attached hydrogen (secondary N) is 1. The minimum atomic E-state index is -0.546. The van der Waals surface area contributed by atoms with Crippen LogP contribution >= 0.6 is 11.3 Å². The van der Waals surface area contributed by atoms with Crippen molar-refractivity contribution < 1.29 is 14.3 Å². The van der Waals surface area contributed by atoms with E-state index in [9.17, 15) is 9.59 Å². The van der Waals surface area contributed by atoms with Gasteiger partial charge in [0.25, 0.3) is 5.91 Å². The van der Waals surface area contributed by atoms with Gasteiger partial charge in [-0.15, -0.1) is 11.3 Å². The van der Waals surface area contributed by atoms with Crippen molar-refractivity contribution in [3.05, 3.63) is 51.7 Å². The van der Waals surface area contributed by atoms with Crippen molar-refractivity contribution in [2.45, 2.75) is 46.8 Å². The number of para-hydroxylation sites is 1. The lowest BCUT2D eigenvalue weighted by molar-refractivity contribution is 0.0245. The lowest BCUT2D eigenvalue weighted by Gasteiger charge is -2.27. The highest BCUT2D eigenvalue weighted by Gasteiger charge is 2.22. The number of thiophene rings is 1. The first-order chi connectivity index (χ1) is 12.2. The largest absolute Gasteiger partial charge is 0.444 e. The zero-order chi connectivity index (χ0) is 19.3. The molecule has 0 aliphatic rings. The summed E-state index contributed by atoms with van der Waals surface area (Å²) in [6, 6.07) is 11.2. The number of amides is 2. The first-order valence-corrected chi connectivity index (χ1v) is 9.45. The van der Waals surface area contributed by atoms with Crippen LogP contribution in [0.4, 0.5) is 10.5 Å². The van der Waals surface area contributed by atoms with Gasteiger partial charge in [0.05, 0.1) is 11.4 Å². The number of carbonyl (C=O) groups is 2. The molecule has 26 heavy (non-hydrogen) atoms. The summed E-state index contributed by atoms with van der Waals surface area (Å²) in [7, 11) is 0. The highest BCUT2D eigenvalue weighted by Crippen LogP contribution is 2.22. The average Bonchev–Trinajstić information content (AvgIpc) is 2.99. The number of aryl methyl sites for hydroxylation is 1. The van der Waals surface area contributed by atoms with Crippen LogP contribution in [-0.2, 0) is 11.3 Å². The molecule has 0 aliphatic heterocycles. The van der Waals surface area contributed by atoms with Crippen molar-refractivity contribution in [3.63, 3.8) is 0 Å². The second-order valence-corrected chi connectivity index (χ2v) is 8.30. The maximum atomic E-state index is 12.5. The van der Waals surface area contributed by atoms with Gasteiger partial charge in [0, 0.05) is 17.1 Å². The van der Waals surface area contributed by atoms with E-state index in [-0.39, 0.29) is 12.0 Å².